The summed E-state index contributed by atoms with van der Waals surface area (Å²) in [7, 11) is 0. The lowest BCUT2D eigenvalue weighted by molar-refractivity contribution is -0.148. The second-order valence-electron chi connectivity index (χ2n) is 6.58. The van der Waals surface area contributed by atoms with Gasteiger partial charge in [-0.25, -0.2) is 0 Å². The summed E-state index contributed by atoms with van der Waals surface area (Å²) in [5.74, 6) is 0.194. The molecule has 3 aromatic rings. The number of ether oxygens (including phenoxy) is 2. The number of nitrogens with zero attached hydrogens (tertiary/aromatic N) is 2. The van der Waals surface area contributed by atoms with Crippen molar-refractivity contribution in [2.24, 2.45) is 0 Å². The molecule has 0 fully saturated rings. The molecular weight excluding hydrogens is 386 g/mol. The van der Waals surface area contributed by atoms with Crippen molar-refractivity contribution in [3.8, 4) is 17.2 Å². The van der Waals surface area contributed by atoms with Crippen LogP contribution in [-0.4, -0.2) is 35.2 Å². The number of aryl methyl sites for hydroxylation is 1. The number of rotatable bonds is 8. The Hall–Kier alpha value is -3.68. The minimum absolute atomic E-state index is 0.178. The van der Waals surface area contributed by atoms with Crippen LogP contribution in [0.1, 0.15) is 41.8 Å². The van der Waals surface area contributed by atoms with Crippen molar-refractivity contribution in [3.05, 3.63) is 65.5 Å². The topological polar surface area (TPSA) is 104 Å². The van der Waals surface area contributed by atoms with Gasteiger partial charge in [0.05, 0.1) is 6.61 Å². The van der Waals surface area contributed by atoms with Gasteiger partial charge in [-0.05, 0) is 57.2 Å². The number of benzene rings is 2. The highest BCUT2D eigenvalue weighted by Crippen LogP contribution is 2.22. The molecule has 0 aliphatic rings. The molecule has 0 saturated heterocycles. The summed E-state index contributed by atoms with van der Waals surface area (Å²) in [4.78, 5) is 24.2. The highest BCUT2D eigenvalue weighted by Gasteiger charge is 2.19. The Morgan fingerprint density at radius 1 is 1.07 bits per heavy atom. The lowest BCUT2D eigenvalue weighted by atomic mass is 10.1. The van der Waals surface area contributed by atoms with Gasteiger partial charge in [0.2, 0.25) is 5.89 Å². The van der Waals surface area contributed by atoms with Gasteiger partial charge in [-0.2, -0.15) is 0 Å². The SMILES string of the molecule is CCOc1ccc(C(=O)NCC(=O)O[C@@H](C)c2nnc(-c3ccc(C)cc3)o2)cc1. The van der Waals surface area contributed by atoms with Gasteiger partial charge in [-0.3, -0.25) is 9.59 Å². The molecule has 0 aliphatic heterocycles. The van der Waals surface area contributed by atoms with Crippen LogP contribution < -0.4 is 10.1 Å². The normalized spacial score (nSPS) is 11.6. The first-order valence-corrected chi connectivity index (χ1v) is 9.57. The van der Waals surface area contributed by atoms with Gasteiger partial charge in [-0.15, -0.1) is 10.2 Å². The zero-order valence-electron chi connectivity index (χ0n) is 17.0. The van der Waals surface area contributed by atoms with Crippen molar-refractivity contribution < 1.29 is 23.5 Å². The number of hydrogen-bond acceptors (Lipinski definition) is 7. The average molecular weight is 409 g/mol. The Morgan fingerprint density at radius 3 is 2.43 bits per heavy atom. The molecule has 1 atom stereocenters. The molecule has 1 aromatic heterocycles. The highest BCUT2D eigenvalue weighted by atomic mass is 16.6. The highest BCUT2D eigenvalue weighted by molar-refractivity contribution is 5.96. The van der Waals surface area contributed by atoms with Gasteiger partial charge in [0.1, 0.15) is 12.3 Å². The Bertz CT molecular complexity index is 996. The van der Waals surface area contributed by atoms with Gasteiger partial charge >= 0.3 is 5.97 Å². The minimum atomic E-state index is -0.744. The number of carbonyl (C=O) groups excluding carboxylic acids is 2. The number of hydrogen-bond donors (Lipinski definition) is 1. The number of aromatic nitrogens is 2. The van der Waals surface area contributed by atoms with E-state index in [2.05, 4.69) is 15.5 Å². The maximum Gasteiger partial charge on any atom is 0.326 e. The van der Waals surface area contributed by atoms with E-state index >= 15 is 0 Å². The number of amides is 1. The molecular formula is C22H23N3O5. The number of esters is 1. The van der Waals surface area contributed by atoms with Crippen molar-refractivity contribution in [1.82, 2.24) is 15.5 Å². The van der Waals surface area contributed by atoms with E-state index in [0.717, 1.165) is 11.1 Å². The van der Waals surface area contributed by atoms with Crippen LogP contribution in [0.15, 0.2) is 52.9 Å². The molecule has 30 heavy (non-hydrogen) atoms. The monoisotopic (exact) mass is 409 g/mol. The molecule has 1 heterocycles. The van der Waals surface area contributed by atoms with E-state index < -0.39 is 12.1 Å². The van der Waals surface area contributed by atoms with Crippen LogP contribution in [0.25, 0.3) is 11.5 Å². The molecule has 1 amide bonds. The van der Waals surface area contributed by atoms with Crippen molar-refractivity contribution >= 4 is 11.9 Å². The zero-order valence-corrected chi connectivity index (χ0v) is 17.0. The lowest BCUT2D eigenvalue weighted by Gasteiger charge is -2.10. The minimum Gasteiger partial charge on any atom is -0.494 e. The quantitative estimate of drug-likeness (QED) is 0.568. The summed E-state index contributed by atoms with van der Waals surface area (Å²) in [6.45, 7) is 5.75. The summed E-state index contributed by atoms with van der Waals surface area (Å²) in [5, 5.41) is 10.5. The summed E-state index contributed by atoms with van der Waals surface area (Å²) >= 11 is 0. The molecule has 8 heteroatoms. The molecule has 0 aliphatic carbocycles. The molecule has 0 radical (unpaired) electrons. The molecule has 0 spiro atoms. The average Bonchev–Trinajstić information content (AvgIpc) is 3.24. The third-order valence-electron chi connectivity index (χ3n) is 4.22. The van der Waals surface area contributed by atoms with Crippen LogP contribution in [0.3, 0.4) is 0 Å². The van der Waals surface area contributed by atoms with E-state index in [1.807, 2.05) is 38.1 Å². The first-order valence-electron chi connectivity index (χ1n) is 9.57. The standard InChI is InChI=1S/C22H23N3O5/c1-4-28-18-11-9-16(10-12-18)20(27)23-13-19(26)29-15(3)21-24-25-22(30-21)17-7-5-14(2)6-8-17/h5-12,15H,4,13H2,1-3H3,(H,23,27)/t15-/m0/s1. The zero-order chi connectivity index (χ0) is 21.5. The van der Waals surface area contributed by atoms with Crippen LogP contribution in [-0.2, 0) is 9.53 Å². The van der Waals surface area contributed by atoms with Gasteiger partial charge in [0.15, 0.2) is 6.10 Å². The van der Waals surface area contributed by atoms with Crippen molar-refractivity contribution in [2.45, 2.75) is 26.9 Å². The Morgan fingerprint density at radius 2 is 1.77 bits per heavy atom. The van der Waals surface area contributed by atoms with E-state index in [-0.39, 0.29) is 18.3 Å². The Balaban J connectivity index is 1.51. The summed E-state index contributed by atoms with van der Waals surface area (Å²) in [5.41, 5.74) is 2.31. The first kappa shape index (κ1) is 21.0. The van der Waals surface area contributed by atoms with E-state index in [9.17, 15) is 9.59 Å². The van der Waals surface area contributed by atoms with Gasteiger partial charge in [0, 0.05) is 11.1 Å². The molecule has 1 N–H and O–H groups in total. The fourth-order valence-electron chi connectivity index (χ4n) is 2.62. The van der Waals surface area contributed by atoms with Gasteiger partial charge in [0.25, 0.3) is 11.8 Å². The largest absolute Gasteiger partial charge is 0.494 e. The van der Waals surface area contributed by atoms with Crippen LogP contribution >= 0.6 is 0 Å². The summed E-state index contributed by atoms with van der Waals surface area (Å²) < 4.78 is 16.2. The van der Waals surface area contributed by atoms with Crippen LogP contribution in [0.2, 0.25) is 0 Å². The van der Waals surface area contributed by atoms with E-state index in [0.29, 0.717) is 23.8 Å². The third-order valence-corrected chi connectivity index (χ3v) is 4.22. The molecule has 2 aromatic carbocycles. The first-order chi connectivity index (χ1) is 14.5. The second kappa shape index (κ2) is 9.69. The van der Waals surface area contributed by atoms with E-state index in [4.69, 9.17) is 13.9 Å². The maximum atomic E-state index is 12.2. The Labute approximate surface area is 174 Å². The molecule has 0 saturated carbocycles. The summed E-state index contributed by atoms with van der Waals surface area (Å²) in [6.07, 6.45) is -0.744. The Kier molecular flexibility index (Phi) is 6.79. The molecule has 0 bridgehead atoms. The molecule has 8 nitrogen and oxygen atoms in total. The smallest absolute Gasteiger partial charge is 0.326 e. The van der Waals surface area contributed by atoms with E-state index in [1.165, 1.54) is 0 Å². The molecule has 156 valence electrons. The van der Waals surface area contributed by atoms with Crippen LogP contribution in [0, 0.1) is 6.92 Å². The van der Waals surface area contributed by atoms with Gasteiger partial charge in [-0.1, -0.05) is 17.7 Å². The third kappa shape index (κ3) is 5.44. The number of nitrogens with one attached hydrogen (secondary N) is 1. The predicted molar refractivity (Wildman–Crippen MR) is 109 cm³/mol. The molecule has 0 unspecified atom stereocenters. The van der Waals surface area contributed by atoms with Crippen LogP contribution in [0.5, 0.6) is 5.75 Å². The van der Waals surface area contributed by atoms with E-state index in [1.54, 1.807) is 31.2 Å². The van der Waals surface area contributed by atoms with Crippen molar-refractivity contribution in [2.75, 3.05) is 13.2 Å². The fourth-order valence-corrected chi connectivity index (χ4v) is 2.62. The van der Waals surface area contributed by atoms with Crippen molar-refractivity contribution in [3.63, 3.8) is 0 Å². The maximum absolute atomic E-state index is 12.2. The predicted octanol–water partition coefficient (Wildman–Crippen LogP) is 3.48. The number of carbonyl (C=O) groups is 2. The lowest BCUT2D eigenvalue weighted by Crippen LogP contribution is -2.31. The fraction of sp³-hybridized carbons (Fsp3) is 0.273. The van der Waals surface area contributed by atoms with Crippen molar-refractivity contribution in [1.29, 1.82) is 0 Å². The second-order valence-corrected chi connectivity index (χ2v) is 6.58. The summed E-state index contributed by atoms with van der Waals surface area (Å²) in [6, 6.07) is 14.3. The molecule has 3 rings (SSSR count). The van der Waals surface area contributed by atoms with Crippen LogP contribution in [0.4, 0.5) is 0 Å². The van der Waals surface area contributed by atoms with Gasteiger partial charge < -0.3 is 19.2 Å².